The van der Waals surface area contributed by atoms with Gasteiger partial charge in [-0.15, -0.1) is 10.2 Å². The van der Waals surface area contributed by atoms with Gasteiger partial charge in [-0.2, -0.15) is 4.80 Å². The summed E-state index contributed by atoms with van der Waals surface area (Å²) in [6.45, 7) is 1.42. The zero-order valence-corrected chi connectivity index (χ0v) is 12.4. The number of aliphatic carboxylic acids is 1. The van der Waals surface area contributed by atoms with Crippen LogP contribution in [0.2, 0.25) is 0 Å². The summed E-state index contributed by atoms with van der Waals surface area (Å²) in [5, 5.41) is 29.2. The minimum atomic E-state index is -0.951. The normalized spacial score (nSPS) is 11.9. The van der Waals surface area contributed by atoms with Crippen LogP contribution in [0.1, 0.15) is 25.2 Å². The molecule has 0 bridgehead atoms. The van der Waals surface area contributed by atoms with Crippen molar-refractivity contribution in [2.75, 3.05) is 6.61 Å². The first kappa shape index (κ1) is 16.4. The van der Waals surface area contributed by atoms with Crippen molar-refractivity contribution >= 4 is 11.8 Å². The molecule has 122 valence electrons. The molecule has 0 aliphatic heterocycles. The zero-order chi connectivity index (χ0) is 16.8. The smallest absolute Gasteiger partial charge is 0.303 e. The molecule has 1 aromatic carbocycles. The standard InChI is InChI=1S/C14H16N4O5/c1-9(18-16-13(15-17-18)6-7-14(21)22)12(20)8-23-11-4-2-10(19)3-5-11/h2-5,9,19H,6-8H2,1H3,(H,21,22). The summed E-state index contributed by atoms with van der Waals surface area (Å²) in [5.74, 6) is -0.380. The van der Waals surface area contributed by atoms with Gasteiger partial charge in [-0.25, -0.2) is 0 Å². The lowest BCUT2D eigenvalue weighted by atomic mass is 10.2. The quantitative estimate of drug-likeness (QED) is 0.724. The van der Waals surface area contributed by atoms with Crippen molar-refractivity contribution in [2.24, 2.45) is 0 Å². The third kappa shape index (κ3) is 4.77. The van der Waals surface area contributed by atoms with Crippen LogP contribution in [-0.2, 0) is 16.0 Å². The van der Waals surface area contributed by atoms with E-state index < -0.39 is 12.0 Å². The molecule has 23 heavy (non-hydrogen) atoms. The lowest BCUT2D eigenvalue weighted by Gasteiger charge is -2.10. The predicted octanol–water partition coefficient (Wildman–Crippen LogP) is 0.605. The fourth-order valence-corrected chi connectivity index (χ4v) is 1.68. The van der Waals surface area contributed by atoms with Gasteiger partial charge in [0.1, 0.15) is 24.1 Å². The Morgan fingerprint density at radius 1 is 1.30 bits per heavy atom. The van der Waals surface area contributed by atoms with Crippen LogP contribution in [0.25, 0.3) is 0 Å². The van der Waals surface area contributed by atoms with Gasteiger partial charge < -0.3 is 14.9 Å². The summed E-state index contributed by atoms with van der Waals surface area (Å²) < 4.78 is 5.32. The van der Waals surface area contributed by atoms with E-state index in [0.717, 1.165) is 4.80 Å². The maximum atomic E-state index is 12.1. The molecule has 1 heterocycles. The number of tetrazole rings is 1. The Kier molecular flexibility index (Phi) is 5.23. The molecule has 0 saturated carbocycles. The second-order valence-electron chi connectivity index (χ2n) is 4.84. The lowest BCUT2D eigenvalue weighted by Crippen LogP contribution is -2.24. The molecule has 2 N–H and O–H groups in total. The molecular weight excluding hydrogens is 304 g/mol. The Labute approximate surface area is 131 Å². The number of phenols is 1. The van der Waals surface area contributed by atoms with E-state index >= 15 is 0 Å². The topological polar surface area (TPSA) is 127 Å². The predicted molar refractivity (Wildman–Crippen MR) is 77.1 cm³/mol. The molecule has 1 atom stereocenters. The fourth-order valence-electron chi connectivity index (χ4n) is 1.68. The van der Waals surface area contributed by atoms with Crippen LogP contribution in [-0.4, -0.2) is 48.8 Å². The number of aryl methyl sites for hydroxylation is 1. The van der Waals surface area contributed by atoms with Crippen molar-refractivity contribution in [3.05, 3.63) is 30.1 Å². The molecular formula is C14H16N4O5. The molecule has 0 fully saturated rings. The van der Waals surface area contributed by atoms with Gasteiger partial charge in [-0.3, -0.25) is 9.59 Å². The summed E-state index contributed by atoms with van der Waals surface area (Å²) in [4.78, 5) is 23.7. The van der Waals surface area contributed by atoms with Gasteiger partial charge in [-0.1, -0.05) is 0 Å². The number of hydrogen-bond donors (Lipinski definition) is 2. The molecule has 0 amide bonds. The molecule has 0 aliphatic carbocycles. The maximum Gasteiger partial charge on any atom is 0.303 e. The van der Waals surface area contributed by atoms with Crippen molar-refractivity contribution < 1.29 is 24.5 Å². The number of ether oxygens (including phenoxy) is 1. The second-order valence-corrected chi connectivity index (χ2v) is 4.84. The highest BCUT2D eigenvalue weighted by Gasteiger charge is 2.19. The average molecular weight is 320 g/mol. The molecule has 9 heteroatoms. The molecule has 0 saturated heterocycles. The molecule has 1 aromatic heterocycles. The number of phenolic OH excluding ortho intramolecular Hbond substituents is 1. The maximum absolute atomic E-state index is 12.1. The Morgan fingerprint density at radius 2 is 2.00 bits per heavy atom. The molecule has 1 unspecified atom stereocenters. The first-order valence-electron chi connectivity index (χ1n) is 6.90. The number of carbonyl (C=O) groups excluding carboxylic acids is 1. The number of aromatic hydroxyl groups is 1. The number of carboxylic acids is 1. The molecule has 9 nitrogen and oxygen atoms in total. The minimum Gasteiger partial charge on any atom is -0.508 e. The Morgan fingerprint density at radius 3 is 2.65 bits per heavy atom. The SMILES string of the molecule is CC(C(=O)COc1ccc(O)cc1)n1nnc(CCC(=O)O)n1. The average Bonchev–Trinajstić information content (AvgIpc) is 3.00. The van der Waals surface area contributed by atoms with Crippen LogP contribution in [0.5, 0.6) is 11.5 Å². The number of ketones is 1. The van der Waals surface area contributed by atoms with Crippen molar-refractivity contribution in [1.82, 2.24) is 20.2 Å². The third-order valence-corrected chi connectivity index (χ3v) is 3.06. The van der Waals surface area contributed by atoms with E-state index in [4.69, 9.17) is 14.9 Å². The summed E-state index contributed by atoms with van der Waals surface area (Å²) in [5.41, 5.74) is 0. The van der Waals surface area contributed by atoms with Crippen LogP contribution in [0.4, 0.5) is 0 Å². The molecule has 2 aromatic rings. The van der Waals surface area contributed by atoms with Crippen molar-refractivity contribution in [1.29, 1.82) is 0 Å². The van der Waals surface area contributed by atoms with Crippen molar-refractivity contribution in [3.63, 3.8) is 0 Å². The largest absolute Gasteiger partial charge is 0.508 e. The van der Waals surface area contributed by atoms with Gasteiger partial charge >= 0.3 is 5.97 Å². The second kappa shape index (κ2) is 7.34. The van der Waals surface area contributed by atoms with Gasteiger partial charge in [0, 0.05) is 6.42 Å². The van der Waals surface area contributed by atoms with Crippen molar-refractivity contribution in [3.8, 4) is 11.5 Å². The number of Topliss-reactive ketones (excluding diaryl/α,β-unsaturated/α-hetero) is 1. The summed E-state index contributed by atoms with van der Waals surface area (Å²) in [6.07, 6.45) is 0.0538. The lowest BCUT2D eigenvalue weighted by molar-refractivity contribution is -0.137. The first-order valence-corrected chi connectivity index (χ1v) is 6.90. The van der Waals surface area contributed by atoms with Gasteiger partial charge in [0.2, 0.25) is 0 Å². The minimum absolute atomic E-state index is 0.0992. The van der Waals surface area contributed by atoms with E-state index in [-0.39, 0.29) is 36.8 Å². The number of carbonyl (C=O) groups is 2. The van der Waals surface area contributed by atoms with Crippen LogP contribution in [0, 0.1) is 0 Å². The number of benzene rings is 1. The fraction of sp³-hybridized carbons (Fsp3) is 0.357. The summed E-state index contributed by atoms with van der Waals surface area (Å²) in [6, 6.07) is 5.32. The van der Waals surface area contributed by atoms with E-state index in [1.807, 2.05) is 0 Å². The monoisotopic (exact) mass is 320 g/mol. The molecule has 0 aliphatic rings. The zero-order valence-electron chi connectivity index (χ0n) is 12.4. The van der Waals surface area contributed by atoms with Gasteiger partial charge in [0.15, 0.2) is 11.6 Å². The third-order valence-electron chi connectivity index (χ3n) is 3.06. The van der Waals surface area contributed by atoms with E-state index in [9.17, 15) is 9.59 Å². The Hall–Kier alpha value is -2.97. The van der Waals surface area contributed by atoms with Gasteiger partial charge in [0.25, 0.3) is 0 Å². The molecule has 2 rings (SSSR count). The number of rotatable bonds is 8. The Balaban J connectivity index is 1.89. The van der Waals surface area contributed by atoms with E-state index in [1.54, 1.807) is 19.1 Å². The highest BCUT2D eigenvalue weighted by molar-refractivity contribution is 5.83. The summed E-state index contributed by atoms with van der Waals surface area (Å²) in [7, 11) is 0. The number of nitrogens with zero attached hydrogens (tertiary/aromatic N) is 4. The molecule has 0 spiro atoms. The first-order chi connectivity index (χ1) is 11.0. The van der Waals surface area contributed by atoms with Crippen LogP contribution in [0.15, 0.2) is 24.3 Å². The Bertz CT molecular complexity index is 683. The van der Waals surface area contributed by atoms with Gasteiger partial charge in [-0.05, 0) is 36.4 Å². The van der Waals surface area contributed by atoms with Crippen LogP contribution < -0.4 is 4.74 Å². The van der Waals surface area contributed by atoms with Crippen LogP contribution in [0.3, 0.4) is 0 Å². The van der Waals surface area contributed by atoms with E-state index in [1.165, 1.54) is 12.1 Å². The number of carboxylic acid groups (broad SMARTS) is 1. The summed E-state index contributed by atoms with van der Waals surface area (Å²) >= 11 is 0. The number of aromatic nitrogens is 4. The highest BCUT2D eigenvalue weighted by atomic mass is 16.5. The molecule has 0 radical (unpaired) electrons. The van der Waals surface area contributed by atoms with Gasteiger partial charge in [0.05, 0.1) is 6.42 Å². The highest BCUT2D eigenvalue weighted by Crippen LogP contribution is 2.16. The number of hydrogen-bond acceptors (Lipinski definition) is 7. The van der Waals surface area contributed by atoms with Crippen LogP contribution >= 0.6 is 0 Å². The van der Waals surface area contributed by atoms with Crippen molar-refractivity contribution in [2.45, 2.75) is 25.8 Å². The van der Waals surface area contributed by atoms with E-state index in [0.29, 0.717) is 5.75 Å². The van der Waals surface area contributed by atoms with E-state index in [2.05, 4.69) is 15.4 Å².